The van der Waals surface area contributed by atoms with Crippen LogP contribution in [0.4, 0.5) is 18.0 Å². The molecule has 0 saturated carbocycles. The van der Waals surface area contributed by atoms with Crippen LogP contribution >= 0.6 is 11.8 Å². The highest BCUT2D eigenvalue weighted by molar-refractivity contribution is 8.18. The standard InChI is InChI=1S/C19H12F3N3O3S/c1-27-15-7-10(8-16-17(24)25-18(26)29-16)2-5-14(15)28-13-4-3-11(9-23)6-12(13)19(20,21)22/h2-8H,1H3,(H2,24,25,26)/b16-8-. The van der Waals surface area contributed by atoms with Crippen molar-refractivity contribution < 1.29 is 27.4 Å². The third-order valence-corrected chi connectivity index (χ3v) is 4.59. The van der Waals surface area contributed by atoms with E-state index in [1.54, 1.807) is 18.2 Å². The average molecular weight is 419 g/mol. The first-order chi connectivity index (χ1) is 13.7. The predicted molar refractivity (Wildman–Crippen MR) is 102 cm³/mol. The van der Waals surface area contributed by atoms with Gasteiger partial charge in [0.1, 0.15) is 11.6 Å². The largest absolute Gasteiger partial charge is 0.493 e. The highest BCUT2D eigenvalue weighted by Gasteiger charge is 2.35. The van der Waals surface area contributed by atoms with Crippen LogP contribution in [0.15, 0.2) is 46.3 Å². The van der Waals surface area contributed by atoms with E-state index in [2.05, 4.69) is 4.99 Å². The molecule has 0 aromatic heterocycles. The minimum Gasteiger partial charge on any atom is -0.493 e. The summed E-state index contributed by atoms with van der Waals surface area (Å²) in [4.78, 5) is 15.3. The molecule has 0 bridgehead atoms. The molecular weight excluding hydrogens is 407 g/mol. The molecule has 6 nitrogen and oxygen atoms in total. The van der Waals surface area contributed by atoms with Crippen molar-refractivity contribution in [1.29, 1.82) is 5.26 Å². The number of carbonyl (C=O) groups excluding carboxylic acids is 1. The van der Waals surface area contributed by atoms with Gasteiger partial charge in [-0.2, -0.15) is 23.4 Å². The van der Waals surface area contributed by atoms with Crippen LogP contribution in [0.3, 0.4) is 0 Å². The van der Waals surface area contributed by atoms with Crippen molar-refractivity contribution in [2.75, 3.05) is 7.11 Å². The summed E-state index contributed by atoms with van der Waals surface area (Å²) in [6, 6.07) is 9.22. The number of amidine groups is 1. The number of hydrogen-bond acceptors (Lipinski definition) is 6. The van der Waals surface area contributed by atoms with E-state index in [9.17, 15) is 18.0 Å². The van der Waals surface area contributed by atoms with Gasteiger partial charge in [-0.1, -0.05) is 6.07 Å². The number of nitriles is 1. The van der Waals surface area contributed by atoms with Gasteiger partial charge in [0.25, 0.3) is 0 Å². The van der Waals surface area contributed by atoms with E-state index in [1.165, 1.54) is 25.3 Å². The third-order valence-electron chi connectivity index (χ3n) is 3.78. The molecule has 0 unspecified atom stereocenters. The minimum atomic E-state index is -4.71. The molecule has 0 fully saturated rings. The van der Waals surface area contributed by atoms with E-state index in [0.717, 1.165) is 23.9 Å². The van der Waals surface area contributed by atoms with Crippen LogP contribution in [-0.4, -0.2) is 18.2 Å². The topological polar surface area (TPSA) is 97.7 Å². The second-order valence-electron chi connectivity index (χ2n) is 5.71. The molecule has 0 atom stereocenters. The molecule has 1 amide bonds. The summed E-state index contributed by atoms with van der Waals surface area (Å²) in [5, 5.41) is 8.42. The molecule has 2 aromatic rings. The summed E-state index contributed by atoms with van der Waals surface area (Å²) in [6.45, 7) is 0. The fraction of sp³-hybridized carbons (Fsp3) is 0.105. The number of methoxy groups -OCH3 is 1. The average Bonchev–Trinajstić information content (AvgIpc) is 2.99. The van der Waals surface area contributed by atoms with Gasteiger partial charge in [-0.15, -0.1) is 0 Å². The fourth-order valence-electron chi connectivity index (χ4n) is 2.46. The van der Waals surface area contributed by atoms with Crippen molar-refractivity contribution in [3.8, 4) is 23.3 Å². The molecular formula is C19H12F3N3O3S. The van der Waals surface area contributed by atoms with Crippen molar-refractivity contribution in [2.24, 2.45) is 10.7 Å². The summed E-state index contributed by atoms with van der Waals surface area (Å²) in [6.07, 6.45) is -3.10. The van der Waals surface area contributed by atoms with Gasteiger partial charge in [0.15, 0.2) is 11.5 Å². The molecule has 0 spiro atoms. The molecule has 2 aromatic carbocycles. The molecule has 3 rings (SSSR count). The van der Waals surface area contributed by atoms with Crippen molar-refractivity contribution in [2.45, 2.75) is 6.18 Å². The van der Waals surface area contributed by atoms with Crippen molar-refractivity contribution in [3.63, 3.8) is 0 Å². The van der Waals surface area contributed by atoms with Crippen LogP contribution in [0, 0.1) is 11.3 Å². The Hall–Kier alpha value is -3.45. The Kier molecular flexibility index (Phi) is 5.52. The van der Waals surface area contributed by atoms with Crippen LogP contribution in [0.1, 0.15) is 16.7 Å². The number of nitrogens with zero attached hydrogens (tertiary/aromatic N) is 2. The zero-order valence-electron chi connectivity index (χ0n) is 14.8. The molecule has 148 valence electrons. The highest BCUT2D eigenvalue weighted by Crippen LogP contribution is 2.41. The van der Waals surface area contributed by atoms with E-state index in [4.69, 9.17) is 20.5 Å². The Morgan fingerprint density at radius 3 is 2.48 bits per heavy atom. The van der Waals surface area contributed by atoms with Crippen molar-refractivity contribution >= 4 is 28.9 Å². The number of thioether (sulfide) groups is 1. The van der Waals surface area contributed by atoms with Crippen LogP contribution in [-0.2, 0) is 6.18 Å². The number of carbonyl (C=O) groups is 1. The lowest BCUT2D eigenvalue weighted by Gasteiger charge is -2.16. The maximum Gasteiger partial charge on any atom is 0.420 e. The number of ether oxygens (including phenoxy) is 2. The molecule has 2 N–H and O–H groups in total. The van der Waals surface area contributed by atoms with Gasteiger partial charge >= 0.3 is 11.4 Å². The number of halogens is 3. The van der Waals surface area contributed by atoms with Gasteiger partial charge in [0.05, 0.1) is 29.2 Å². The van der Waals surface area contributed by atoms with E-state index >= 15 is 0 Å². The number of alkyl halides is 3. The minimum absolute atomic E-state index is 0.0432. The van der Waals surface area contributed by atoms with E-state index in [0.29, 0.717) is 10.5 Å². The summed E-state index contributed by atoms with van der Waals surface area (Å²) in [5.41, 5.74) is 5.03. The third kappa shape index (κ3) is 4.52. The van der Waals surface area contributed by atoms with E-state index < -0.39 is 22.7 Å². The normalized spacial score (nSPS) is 15.2. The Bertz CT molecular complexity index is 1090. The number of hydrogen-bond donors (Lipinski definition) is 1. The smallest absolute Gasteiger partial charge is 0.420 e. The number of aliphatic imine (C=N–C) groups is 1. The molecule has 29 heavy (non-hydrogen) atoms. The second-order valence-corrected chi connectivity index (χ2v) is 6.70. The van der Waals surface area contributed by atoms with Gasteiger partial charge in [-0.05, 0) is 53.7 Å². The maximum absolute atomic E-state index is 13.3. The van der Waals surface area contributed by atoms with Gasteiger partial charge < -0.3 is 15.2 Å². The fourth-order valence-corrected chi connectivity index (χ4v) is 3.14. The first-order valence-corrected chi connectivity index (χ1v) is 8.78. The predicted octanol–water partition coefficient (Wildman–Crippen LogP) is 4.94. The van der Waals surface area contributed by atoms with Crippen LogP contribution in [0.25, 0.3) is 6.08 Å². The van der Waals surface area contributed by atoms with Gasteiger partial charge in [0, 0.05) is 0 Å². The van der Waals surface area contributed by atoms with Gasteiger partial charge in [0.2, 0.25) is 0 Å². The molecule has 10 heteroatoms. The Labute approximate surface area is 167 Å². The number of amides is 1. The number of nitrogens with two attached hydrogens (primary N) is 1. The van der Waals surface area contributed by atoms with Gasteiger partial charge in [-0.25, -0.2) is 0 Å². The number of benzene rings is 2. The Morgan fingerprint density at radius 2 is 1.90 bits per heavy atom. The summed E-state index contributed by atoms with van der Waals surface area (Å²) in [5.74, 6) is -0.163. The molecule has 1 heterocycles. The first kappa shape index (κ1) is 20.3. The zero-order chi connectivity index (χ0) is 21.2. The summed E-state index contributed by atoms with van der Waals surface area (Å²) >= 11 is 0.867. The van der Waals surface area contributed by atoms with Crippen molar-refractivity contribution in [3.05, 3.63) is 58.0 Å². The summed E-state index contributed by atoms with van der Waals surface area (Å²) < 4.78 is 50.6. The molecule has 1 aliphatic rings. The van der Waals surface area contributed by atoms with Crippen LogP contribution in [0.2, 0.25) is 0 Å². The highest BCUT2D eigenvalue weighted by atomic mass is 32.2. The van der Waals surface area contributed by atoms with Crippen molar-refractivity contribution in [1.82, 2.24) is 0 Å². The van der Waals surface area contributed by atoms with Crippen LogP contribution in [0.5, 0.6) is 17.2 Å². The lowest BCUT2D eigenvalue weighted by atomic mass is 10.1. The molecule has 0 aliphatic carbocycles. The Morgan fingerprint density at radius 1 is 1.17 bits per heavy atom. The maximum atomic E-state index is 13.3. The quantitative estimate of drug-likeness (QED) is 0.754. The van der Waals surface area contributed by atoms with E-state index in [-0.39, 0.29) is 22.9 Å². The number of rotatable bonds is 4. The molecule has 0 radical (unpaired) electrons. The SMILES string of the molecule is COc1cc(/C=C2\SC(=O)N=C2N)ccc1Oc1ccc(C#N)cc1C(F)(F)F. The lowest BCUT2D eigenvalue weighted by molar-refractivity contribution is -0.138. The van der Waals surface area contributed by atoms with Gasteiger partial charge in [-0.3, -0.25) is 4.79 Å². The molecule has 1 aliphatic heterocycles. The second kappa shape index (κ2) is 7.89. The molecule has 0 saturated heterocycles. The van der Waals surface area contributed by atoms with Crippen LogP contribution < -0.4 is 15.2 Å². The monoisotopic (exact) mass is 419 g/mol. The zero-order valence-corrected chi connectivity index (χ0v) is 15.6. The first-order valence-electron chi connectivity index (χ1n) is 7.96. The Balaban J connectivity index is 1.95. The van der Waals surface area contributed by atoms with E-state index in [1.807, 2.05) is 0 Å². The lowest BCUT2D eigenvalue weighted by Crippen LogP contribution is -2.08. The summed E-state index contributed by atoms with van der Waals surface area (Å²) in [7, 11) is 1.34.